The van der Waals surface area contributed by atoms with Crippen LogP contribution in [0.4, 0.5) is 0 Å². The van der Waals surface area contributed by atoms with Crippen LogP contribution in [0.15, 0.2) is 17.2 Å². The van der Waals surface area contributed by atoms with Crippen LogP contribution in [0, 0.1) is 6.92 Å². The molecular weight excluding hydrogens is 248 g/mol. The number of ether oxygens (including phenoxy) is 1. The van der Waals surface area contributed by atoms with Crippen molar-refractivity contribution >= 4 is 11.8 Å². The lowest BCUT2D eigenvalue weighted by Gasteiger charge is -2.10. The Bertz CT molecular complexity index is 359. The van der Waals surface area contributed by atoms with Crippen molar-refractivity contribution in [1.82, 2.24) is 9.88 Å². The van der Waals surface area contributed by atoms with Crippen molar-refractivity contribution in [1.29, 1.82) is 0 Å². The van der Waals surface area contributed by atoms with E-state index in [1.54, 1.807) is 18.0 Å². The normalized spacial score (nSPS) is 11.2. The minimum Gasteiger partial charge on any atom is -0.390 e. The number of rotatable bonds is 8. The van der Waals surface area contributed by atoms with Gasteiger partial charge in [0.05, 0.1) is 25.5 Å². The molecule has 0 saturated carbocycles. The average molecular weight is 270 g/mol. The van der Waals surface area contributed by atoms with Crippen LogP contribution in [-0.2, 0) is 11.3 Å². The fourth-order valence-electron chi connectivity index (χ4n) is 1.43. The van der Waals surface area contributed by atoms with Crippen molar-refractivity contribution in [3.8, 4) is 0 Å². The number of aliphatic hydroxyl groups is 1. The molecule has 0 aliphatic rings. The molecule has 1 heterocycles. The fourth-order valence-corrected chi connectivity index (χ4v) is 2.35. The van der Waals surface area contributed by atoms with Crippen LogP contribution in [0.2, 0.25) is 0 Å². The standard InChI is InChI=1S/C13H22N2O2S/c1-11-12(10-16)14-5-4-13(11)18-9-8-17-7-6-15(2)3/h4-5,16H,6-10H2,1-3H3. The Morgan fingerprint density at radius 1 is 1.39 bits per heavy atom. The summed E-state index contributed by atoms with van der Waals surface area (Å²) in [6.45, 7) is 4.46. The van der Waals surface area contributed by atoms with Gasteiger partial charge in [-0.1, -0.05) is 0 Å². The lowest BCUT2D eigenvalue weighted by Crippen LogP contribution is -2.18. The van der Waals surface area contributed by atoms with Crippen molar-refractivity contribution in [2.75, 3.05) is 39.6 Å². The highest BCUT2D eigenvalue weighted by Crippen LogP contribution is 2.23. The largest absolute Gasteiger partial charge is 0.390 e. The van der Waals surface area contributed by atoms with Gasteiger partial charge >= 0.3 is 0 Å². The van der Waals surface area contributed by atoms with Gasteiger partial charge in [-0.15, -0.1) is 11.8 Å². The summed E-state index contributed by atoms with van der Waals surface area (Å²) in [4.78, 5) is 7.41. The van der Waals surface area contributed by atoms with Crippen LogP contribution in [0.3, 0.4) is 0 Å². The molecule has 102 valence electrons. The second-order valence-electron chi connectivity index (χ2n) is 4.30. The van der Waals surface area contributed by atoms with Crippen molar-refractivity contribution in [2.24, 2.45) is 0 Å². The Labute approximate surface area is 113 Å². The van der Waals surface area contributed by atoms with E-state index in [2.05, 4.69) is 9.88 Å². The lowest BCUT2D eigenvalue weighted by molar-refractivity contribution is 0.131. The highest BCUT2D eigenvalue weighted by molar-refractivity contribution is 7.99. The van der Waals surface area contributed by atoms with E-state index in [1.807, 2.05) is 27.1 Å². The van der Waals surface area contributed by atoms with E-state index in [9.17, 15) is 0 Å². The maximum atomic E-state index is 9.14. The van der Waals surface area contributed by atoms with Crippen LogP contribution in [-0.4, -0.2) is 54.6 Å². The molecule has 0 radical (unpaired) electrons. The first-order valence-electron chi connectivity index (χ1n) is 6.05. The molecular formula is C13H22N2O2S. The molecule has 0 aromatic carbocycles. The summed E-state index contributed by atoms with van der Waals surface area (Å²) in [6, 6.07) is 1.99. The molecule has 18 heavy (non-hydrogen) atoms. The van der Waals surface area contributed by atoms with E-state index in [0.717, 1.165) is 36.8 Å². The summed E-state index contributed by atoms with van der Waals surface area (Å²) in [5.74, 6) is 0.920. The molecule has 0 unspecified atom stereocenters. The number of hydrogen-bond acceptors (Lipinski definition) is 5. The Morgan fingerprint density at radius 3 is 2.83 bits per heavy atom. The maximum Gasteiger partial charge on any atom is 0.0856 e. The van der Waals surface area contributed by atoms with Crippen molar-refractivity contribution in [3.63, 3.8) is 0 Å². The van der Waals surface area contributed by atoms with E-state index in [4.69, 9.17) is 9.84 Å². The third-order valence-electron chi connectivity index (χ3n) is 2.58. The summed E-state index contributed by atoms with van der Waals surface area (Å²) in [5, 5.41) is 9.14. The monoisotopic (exact) mass is 270 g/mol. The Kier molecular flexibility index (Phi) is 7.27. The zero-order valence-corrected chi connectivity index (χ0v) is 12.2. The maximum absolute atomic E-state index is 9.14. The van der Waals surface area contributed by atoms with E-state index in [-0.39, 0.29) is 6.61 Å². The first-order chi connectivity index (χ1) is 8.65. The molecule has 0 aliphatic carbocycles. The quantitative estimate of drug-likeness (QED) is 0.573. The second-order valence-corrected chi connectivity index (χ2v) is 5.44. The Hall–Kier alpha value is -0.620. The molecule has 0 spiro atoms. The lowest BCUT2D eigenvalue weighted by atomic mass is 10.2. The molecule has 5 heteroatoms. The summed E-state index contributed by atoms with van der Waals surface area (Å²) < 4.78 is 5.54. The van der Waals surface area contributed by atoms with Crippen molar-refractivity contribution < 1.29 is 9.84 Å². The summed E-state index contributed by atoms with van der Waals surface area (Å²) in [7, 11) is 4.07. The molecule has 1 N–H and O–H groups in total. The van der Waals surface area contributed by atoms with Gasteiger partial charge in [-0.25, -0.2) is 0 Å². The number of likely N-dealkylation sites (N-methyl/N-ethyl adjacent to an activating group) is 1. The smallest absolute Gasteiger partial charge is 0.0856 e. The molecule has 0 aliphatic heterocycles. The molecule has 0 atom stereocenters. The molecule has 1 aromatic rings. The van der Waals surface area contributed by atoms with Crippen LogP contribution >= 0.6 is 11.8 Å². The highest BCUT2D eigenvalue weighted by atomic mass is 32.2. The topological polar surface area (TPSA) is 45.6 Å². The fraction of sp³-hybridized carbons (Fsp3) is 0.615. The van der Waals surface area contributed by atoms with Crippen LogP contribution in [0.1, 0.15) is 11.3 Å². The van der Waals surface area contributed by atoms with Crippen LogP contribution in [0.5, 0.6) is 0 Å². The number of pyridine rings is 1. The van der Waals surface area contributed by atoms with Gasteiger partial charge in [-0.05, 0) is 32.6 Å². The minimum atomic E-state index is -0.000429. The SMILES string of the molecule is Cc1c(SCCOCCN(C)C)ccnc1CO. The Morgan fingerprint density at radius 2 is 2.17 bits per heavy atom. The van der Waals surface area contributed by atoms with Gasteiger partial charge in [0.25, 0.3) is 0 Å². The molecule has 0 saturated heterocycles. The predicted molar refractivity (Wildman–Crippen MR) is 75.0 cm³/mol. The molecule has 0 bridgehead atoms. The number of aromatic nitrogens is 1. The van der Waals surface area contributed by atoms with Gasteiger partial charge in [0.15, 0.2) is 0 Å². The first kappa shape index (κ1) is 15.4. The average Bonchev–Trinajstić information content (AvgIpc) is 2.35. The predicted octanol–water partition coefficient (Wildman–Crippen LogP) is 1.55. The first-order valence-corrected chi connectivity index (χ1v) is 7.04. The summed E-state index contributed by atoms with van der Waals surface area (Å²) >= 11 is 1.75. The number of aliphatic hydroxyl groups excluding tert-OH is 1. The zero-order valence-electron chi connectivity index (χ0n) is 11.3. The molecule has 1 rings (SSSR count). The molecule has 1 aromatic heterocycles. The van der Waals surface area contributed by atoms with E-state index in [1.165, 1.54) is 4.90 Å². The number of thioether (sulfide) groups is 1. The molecule has 4 nitrogen and oxygen atoms in total. The summed E-state index contributed by atoms with van der Waals surface area (Å²) in [5.41, 5.74) is 1.83. The van der Waals surface area contributed by atoms with Gasteiger partial charge in [-0.2, -0.15) is 0 Å². The summed E-state index contributed by atoms with van der Waals surface area (Å²) in [6.07, 6.45) is 1.74. The van der Waals surface area contributed by atoms with Crippen LogP contribution < -0.4 is 0 Å². The zero-order chi connectivity index (χ0) is 13.4. The second kappa shape index (κ2) is 8.48. The van der Waals surface area contributed by atoms with Gasteiger partial charge in [0.1, 0.15) is 0 Å². The van der Waals surface area contributed by atoms with Crippen molar-refractivity contribution in [2.45, 2.75) is 18.4 Å². The number of hydrogen-bond donors (Lipinski definition) is 1. The highest BCUT2D eigenvalue weighted by Gasteiger charge is 2.04. The van der Waals surface area contributed by atoms with Gasteiger partial charge in [0, 0.05) is 23.4 Å². The van der Waals surface area contributed by atoms with Gasteiger partial charge < -0.3 is 14.7 Å². The molecule has 0 fully saturated rings. The van der Waals surface area contributed by atoms with E-state index in [0.29, 0.717) is 0 Å². The minimum absolute atomic E-state index is 0.000429. The van der Waals surface area contributed by atoms with Gasteiger partial charge in [-0.3, -0.25) is 4.98 Å². The van der Waals surface area contributed by atoms with Gasteiger partial charge in [0.2, 0.25) is 0 Å². The van der Waals surface area contributed by atoms with E-state index >= 15 is 0 Å². The van der Waals surface area contributed by atoms with Crippen LogP contribution in [0.25, 0.3) is 0 Å². The number of nitrogens with zero attached hydrogens (tertiary/aromatic N) is 2. The van der Waals surface area contributed by atoms with Crippen molar-refractivity contribution in [3.05, 3.63) is 23.5 Å². The molecule has 0 amide bonds. The Balaban J connectivity index is 2.27. The van der Waals surface area contributed by atoms with E-state index < -0.39 is 0 Å². The third-order valence-corrected chi connectivity index (χ3v) is 3.70. The third kappa shape index (κ3) is 5.35.